The van der Waals surface area contributed by atoms with E-state index in [0.29, 0.717) is 22.2 Å². The number of fused-ring (bicyclic) bond motifs is 1. The summed E-state index contributed by atoms with van der Waals surface area (Å²) in [6.45, 7) is 7.65. The van der Waals surface area contributed by atoms with Crippen molar-refractivity contribution in [3.63, 3.8) is 0 Å². The molecule has 166 valence electrons. The van der Waals surface area contributed by atoms with Crippen molar-refractivity contribution in [1.29, 1.82) is 0 Å². The van der Waals surface area contributed by atoms with Crippen molar-refractivity contribution >= 4 is 29.5 Å². The van der Waals surface area contributed by atoms with Gasteiger partial charge in [0.2, 0.25) is 5.16 Å². The van der Waals surface area contributed by atoms with Gasteiger partial charge in [-0.25, -0.2) is 19.1 Å². The lowest BCUT2D eigenvalue weighted by atomic mass is 9.95. The average molecular weight is 453 g/mol. The molecule has 0 fully saturated rings. The summed E-state index contributed by atoms with van der Waals surface area (Å²) < 4.78 is 6.72. The van der Waals surface area contributed by atoms with E-state index in [2.05, 4.69) is 20.4 Å². The number of allylic oxidation sites excluding steroid dienone is 1. The number of urea groups is 1. The zero-order valence-electron chi connectivity index (χ0n) is 18.5. The normalized spacial score (nSPS) is 16.5. The van der Waals surface area contributed by atoms with E-state index in [-0.39, 0.29) is 11.9 Å². The number of carbonyl (C=O) groups excluding carboxylic acids is 2. The number of hydrogen-bond acceptors (Lipinski definition) is 7. The van der Waals surface area contributed by atoms with Crippen molar-refractivity contribution in [2.24, 2.45) is 0 Å². The van der Waals surface area contributed by atoms with Crippen molar-refractivity contribution < 1.29 is 14.3 Å². The fourth-order valence-corrected chi connectivity index (χ4v) is 4.47. The highest BCUT2D eigenvalue weighted by atomic mass is 32.2. The van der Waals surface area contributed by atoms with Crippen LogP contribution >= 0.6 is 11.8 Å². The van der Waals surface area contributed by atoms with E-state index in [1.165, 1.54) is 23.8 Å². The van der Waals surface area contributed by atoms with Crippen LogP contribution in [0.2, 0.25) is 0 Å². The Morgan fingerprint density at radius 3 is 2.56 bits per heavy atom. The Labute approximate surface area is 189 Å². The van der Waals surface area contributed by atoms with Crippen LogP contribution in [-0.2, 0) is 9.53 Å². The van der Waals surface area contributed by atoms with E-state index < -0.39 is 12.0 Å². The monoisotopic (exact) mass is 452 g/mol. The highest BCUT2D eigenvalue weighted by Gasteiger charge is 2.36. The fraction of sp³-hybridized carbons (Fsp3) is 0.318. The van der Waals surface area contributed by atoms with Crippen molar-refractivity contribution in [3.05, 3.63) is 64.1 Å². The number of aryl methyl sites for hydroxylation is 2. The number of aromatic nitrogens is 4. The molecular formula is C22H24N6O3S. The molecule has 1 aliphatic rings. The van der Waals surface area contributed by atoms with Gasteiger partial charge in [0.05, 0.1) is 24.6 Å². The molecule has 3 heterocycles. The van der Waals surface area contributed by atoms with Gasteiger partial charge in [-0.3, -0.25) is 4.90 Å². The third kappa shape index (κ3) is 3.81. The summed E-state index contributed by atoms with van der Waals surface area (Å²) in [7, 11) is 1.33. The fourth-order valence-electron chi connectivity index (χ4n) is 3.63. The molecule has 0 bridgehead atoms. The minimum absolute atomic E-state index is 0.230. The summed E-state index contributed by atoms with van der Waals surface area (Å²) in [6.07, 6.45) is 0. The largest absolute Gasteiger partial charge is 0.466 e. The van der Waals surface area contributed by atoms with Gasteiger partial charge < -0.3 is 10.1 Å². The second kappa shape index (κ2) is 8.62. The Morgan fingerprint density at radius 1 is 1.16 bits per heavy atom. The summed E-state index contributed by atoms with van der Waals surface area (Å²) >= 11 is 1.29. The van der Waals surface area contributed by atoms with Gasteiger partial charge in [0.25, 0.3) is 5.78 Å². The van der Waals surface area contributed by atoms with Gasteiger partial charge in [-0.15, -0.1) is 5.10 Å². The molecule has 0 saturated heterocycles. The molecule has 32 heavy (non-hydrogen) atoms. The number of carbonyl (C=O) groups is 2. The van der Waals surface area contributed by atoms with Crippen LogP contribution in [-0.4, -0.2) is 49.5 Å². The first kappa shape index (κ1) is 21.8. The standard InChI is InChI=1S/C22H24N6O3S/c1-12-13(2)23-20-25-21(26-28(20)14(12)3)32-11-27-15(4)17(19(29)31-5)18(24-22(27)30)16-9-7-6-8-10-16/h6-10,18H,11H2,1-5H3,(H,24,30). The van der Waals surface area contributed by atoms with Crippen molar-refractivity contribution in [2.45, 2.75) is 38.9 Å². The number of esters is 1. The smallest absolute Gasteiger partial charge is 0.337 e. The number of hydrogen-bond donors (Lipinski definition) is 1. The van der Waals surface area contributed by atoms with Crippen LogP contribution in [0.4, 0.5) is 4.79 Å². The third-order valence-corrected chi connectivity index (χ3v) is 6.52. The van der Waals surface area contributed by atoms with Gasteiger partial charge in [-0.1, -0.05) is 42.1 Å². The van der Waals surface area contributed by atoms with Crippen molar-refractivity contribution in [2.75, 3.05) is 13.0 Å². The lowest BCUT2D eigenvalue weighted by molar-refractivity contribution is -0.136. The summed E-state index contributed by atoms with van der Waals surface area (Å²) in [5.74, 6) is 0.263. The molecule has 0 spiro atoms. The molecule has 1 aliphatic heterocycles. The number of nitrogens with one attached hydrogen (secondary N) is 1. The summed E-state index contributed by atoms with van der Waals surface area (Å²) in [5, 5.41) is 7.94. The molecule has 1 atom stereocenters. The third-order valence-electron chi connectivity index (χ3n) is 5.70. The zero-order valence-corrected chi connectivity index (χ0v) is 19.4. The van der Waals surface area contributed by atoms with Crippen LogP contribution in [0.1, 0.15) is 35.5 Å². The number of amides is 2. The van der Waals surface area contributed by atoms with E-state index >= 15 is 0 Å². The topological polar surface area (TPSA) is 102 Å². The van der Waals surface area contributed by atoms with Crippen LogP contribution in [0, 0.1) is 20.8 Å². The molecule has 1 N–H and O–H groups in total. The number of ether oxygens (including phenoxy) is 1. The van der Waals surface area contributed by atoms with Gasteiger partial charge in [-0.2, -0.15) is 4.98 Å². The van der Waals surface area contributed by atoms with Crippen molar-refractivity contribution in [1.82, 2.24) is 29.8 Å². The van der Waals surface area contributed by atoms with Crippen LogP contribution in [0.25, 0.3) is 5.78 Å². The molecule has 0 saturated carbocycles. The Hall–Kier alpha value is -3.40. The maximum atomic E-state index is 12.9. The molecular weight excluding hydrogens is 428 g/mol. The first-order valence-corrected chi connectivity index (χ1v) is 11.1. The number of benzene rings is 1. The number of methoxy groups -OCH3 is 1. The SMILES string of the molecule is COC(=O)C1=C(C)N(CSc2nc3nc(C)c(C)c(C)n3n2)C(=O)NC1c1ccccc1. The number of thioether (sulfide) groups is 1. The average Bonchev–Trinajstić information content (AvgIpc) is 3.20. The first-order chi connectivity index (χ1) is 15.3. The Balaban J connectivity index is 1.63. The zero-order chi connectivity index (χ0) is 23.0. The highest BCUT2D eigenvalue weighted by Crippen LogP contribution is 2.32. The lowest BCUT2D eigenvalue weighted by Gasteiger charge is -2.34. The Morgan fingerprint density at radius 2 is 1.88 bits per heavy atom. The molecule has 0 aliphatic carbocycles. The number of rotatable bonds is 5. The predicted octanol–water partition coefficient (Wildman–Crippen LogP) is 3.31. The van der Waals surface area contributed by atoms with E-state index in [1.807, 2.05) is 51.1 Å². The molecule has 3 aromatic rings. The van der Waals surface area contributed by atoms with Gasteiger partial charge in [0, 0.05) is 17.1 Å². The minimum Gasteiger partial charge on any atom is -0.466 e. The van der Waals surface area contributed by atoms with Crippen molar-refractivity contribution in [3.8, 4) is 0 Å². The van der Waals surface area contributed by atoms with Gasteiger partial charge in [-0.05, 0) is 38.8 Å². The molecule has 4 rings (SSSR count). The summed E-state index contributed by atoms with van der Waals surface area (Å²) in [4.78, 5) is 36.0. The molecule has 10 heteroatoms. The van der Waals surface area contributed by atoms with E-state index in [1.54, 1.807) is 11.4 Å². The predicted molar refractivity (Wildman–Crippen MR) is 120 cm³/mol. The first-order valence-electron chi connectivity index (χ1n) is 10.1. The highest BCUT2D eigenvalue weighted by molar-refractivity contribution is 7.99. The molecule has 1 unspecified atom stereocenters. The summed E-state index contributed by atoms with van der Waals surface area (Å²) in [6, 6.07) is 8.46. The second-order valence-corrected chi connectivity index (χ2v) is 8.41. The molecule has 0 radical (unpaired) electrons. The molecule has 9 nitrogen and oxygen atoms in total. The van der Waals surface area contributed by atoms with Crippen LogP contribution in [0.3, 0.4) is 0 Å². The van der Waals surface area contributed by atoms with Crippen LogP contribution in [0.5, 0.6) is 0 Å². The molecule has 2 amide bonds. The lowest BCUT2D eigenvalue weighted by Crippen LogP contribution is -2.47. The van der Waals surface area contributed by atoms with Gasteiger partial charge in [0.15, 0.2) is 0 Å². The van der Waals surface area contributed by atoms with E-state index in [4.69, 9.17) is 4.74 Å². The maximum absolute atomic E-state index is 12.9. The minimum atomic E-state index is -0.580. The quantitative estimate of drug-likeness (QED) is 0.468. The van der Waals surface area contributed by atoms with E-state index in [9.17, 15) is 9.59 Å². The Bertz CT molecular complexity index is 1240. The second-order valence-electron chi connectivity index (χ2n) is 7.50. The van der Waals surface area contributed by atoms with Gasteiger partial charge in [0.1, 0.15) is 0 Å². The van der Waals surface area contributed by atoms with Crippen LogP contribution < -0.4 is 5.32 Å². The van der Waals surface area contributed by atoms with E-state index in [0.717, 1.165) is 22.5 Å². The maximum Gasteiger partial charge on any atom is 0.337 e. The Kier molecular flexibility index (Phi) is 5.88. The summed E-state index contributed by atoms with van der Waals surface area (Å²) in [5.41, 5.74) is 4.67. The van der Waals surface area contributed by atoms with Crippen LogP contribution in [0.15, 0.2) is 46.8 Å². The molecule has 2 aromatic heterocycles. The molecule has 1 aromatic carbocycles. The van der Waals surface area contributed by atoms with Gasteiger partial charge >= 0.3 is 12.0 Å². The number of nitrogens with zero attached hydrogens (tertiary/aromatic N) is 5.